The summed E-state index contributed by atoms with van der Waals surface area (Å²) in [7, 11) is 0. The molecule has 0 fully saturated rings. The van der Waals surface area contributed by atoms with Gasteiger partial charge in [-0.2, -0.15) is 11.3 Å². The second-order valence-electron chi connectivity index (χ2n) is 4.42. The lowest BCUT2D eigenvalue weighted by Gasteiger charge is -2.00. The van der Waals surface area contributed by atoms with Crippen molar-refractivity contribution >= 4 is 33.7 Å². The maximum absolute atomic E-state index is 11.8. The Kier molecular flexibility index (Phi) is 3.43. The molecule has 0 atom stereocenters. The van der Waals surface area contributed by atoms with Crippen LogP contribution >= 0.6 is 22.7 Å². The zero-order chi connectivity index (χ0) is 12.4. The van der Waals surface area contributed by atoms with Crippen LogP contribution in [0.4, 0.5) is 5.13 Å². The van der Waals surface area contributed by atoms with E-state index < -0.39 is 0 Å². The number of fused-ring (bicyclic) bond motifs is 1. The van der Waals surface area contributed by atoms with Gasteiger partial charge >= 0.3 is 0 Å². The molecule has 2 aromatic heterocycles. The number of rotatable bonds is 4. The van der Waals surface area contributed by atoms with Gasteiger partial charge in [-0.3, -0.25) is 4.79 Å². The first-order valence-corrected chi connectivity index (χ1v) is 7.87. The van der Waals surface area contributed by atoms with Crippen LogP contribution in [0.1, 0.15) is 29.0 Å². The summed E-state index contributed by atoms with van der Waals surface area (Å²) in [6.07, 6.45) is 4.73. The summed E-state index contributed by atoms with van der Waals surface area (Å²) in [5.41, 5.74) is 2.42. The Hall–Kier alpha value is -1.20. The highest BCUT2D eigenvalue weighted by Crippen LogP contribution is 2.30. The average molecular weight is 278 g/mol. The van der Waals surface area contributed by atoms with E-state index in [2.05, 4.69) is 21.7 Å². The fraction of sp³-hybridized carbons (Fsp3) is 0.385. The second-order valence-corrected chi connectivity index (χ2v) is 6.29. The number of anilines is 1. The van der Waals surface area contributed by atoms with Crippen LogP contribution in [-0.2, 0) is 24.1 Å². The predicted molar refractivity (Wildman–Crippen MR) is 75.4 cm³/mol. The predicted octanol–water partition coefficient (Wildman–Crippen LogP) is 3.26. The van der Waals surface area contributed by atoms with Gasteiger partial charge in [-0.05, 0) is 48.1 Å². The van der Waals surface area contributed by atoms with E-state index in [1.165, 1.54) is 22.6 Å². The molecule has 5 heteroatoms. The third-order valence-electron chi connectivity index (χ3n) is 3.06. The highest BCUT2D eigenvalue weighted by molar-refractivity contribution is 7.15. The Morgan fingerprint density at radius 3 is 3.17 bits per heavy atom. The standard InChI is InChI=1S/C13H14N2OS2/c16-12(5-4-9-6-7-17-8-9)15-13-14-10-2-1-3-11(10)18-13/h6-8H,1-5H2,(H,14,15,16). The van der Waals surface area contributed by atoms with Crippen molar-refractivity contribution in [3.63, 3.8) is 0 Å². The van der Waals surface area contributed by atoms with Crippen LogP contribution in [0.5, 0.6) is 0 Å². The van der Waals surface area contributed by atoms with Crippen molar-refractivity contribution in [2.24, 2.45) is 0 Å². The minimum absolute atomic E-state index is 0.0635. The third-order valence-corrected chi connectivity index (χ3v) is 4.87. The van der Waals surface area contributed by atoms with Crippen molar-refractivity contribution in [1.29, 1.82) is 0 Å². The zero-order valence-corrected chi connectivity index (χ0v) is 11.6. The van der Waals surface area contributed by atoms with E-state index in [0.29, 0.717) is 6.42 Å². The second kappa shape index (κ2) is 5.20. The molecular formula is C13H14N2OS2. The molecule has 0 aliphatic heterocycles. The molecule has 1 amide bonds. The number of thiazole rings is 1. The molecule has 0 unspecified atom stereocenters. The van der Waals surface area contributed by atoms with E-state index in [4.69, 9.17) is 0 Å². The molecule has 0 aromatic carbocycles. The summed E-state index contributed by atoms with van der Waals surface area (Å²) in [4.78, 5) is 17.6. The Balaban J connectivity index is 1.54. The average Bonchev–Trinajstić information content (AvgIpc) is 3.01. The van der Waals surface area contributed by atoms with Gasteiger partial charge in [0.15, 0.2) is 5.13 Å². The molecule has 18 heavy (non-hydrogen) atoms. The number of thiophene rings is 1. The molecule has 1 aliphatic carbocycles. The van der Waals surface area contributed by atoms with Crippen LogP contribution in [0.15, 0.2) is 16.8 Å². The Labute approximate surface area is 114 Å². The van der Waals surface area contributed by atoms with Crippen molar-refractivity contribution in [2.45, 2.75) is 32.1 Å². The molecule has 1 N–H and O–H groups in total. The van der Waals surface area contributed by atoms with E-state index in [1.54, 1.807) is 22.7 Å². The first-order chi connectivity index (χ1) is 8.81. The number of amides is 1. The van der Waals surface area contributed by atoms with Gasteiger partial charge in [-0.1, -0.05) is 0 Å². The van der Waals surface area contributed by atoms with Gasteiger partial charge in [-0.15, -0.1) is 11.3 Å². The van der Waals surface area contributed by atoms with E-state index in [1.807, 2.05) is 5.38 Å². The molecule has 1 aliphatic rings. The Morgan fingerprint density at radius 1 is 1.44 bits per heavy atom. The minimum Gasteiger partial charge on any atom is -0.302 e. The van der Waals surface area contributed by atoms with Crippen LogP contribution < -0.4 is 5.32 Å². The highest BCUT2D eigenvalue weighted by Gasteiger charge is 2.17. The van der Waals surface area contributed by atoms with Crippen LogP contribution in [-0.4, -0.2) is 10.9 Å². The van der Waals surface area contributed by atoms with Gasteiger partial charge in [0.25, 0.3) is 0 Å². The molecule has 0 spiro atoms. The van der Waals surface area contributed by atoms with Crippen molar-refractivity contribution in [3.05, 3.63) is 33.0 Å². The number of carbonyl (C=O) groups is 1. The van der Waals surface area contributed by atoms with Gasteiger partial charge in [0.2, 0.25) is 5.91 Å². The lowest BCUT2D eigenvalue weighted by Crippen LogP contribution is -2.12. The van der Waals surface area contributed by atoms with Crippen LogP contribution in [0.25, 0.3) is 0 Å². The normalized spacial score (nSPS) is 13.6. The van der Waals surface area contributed by atoms with E-state index in [9.17, 15) is 4.79 Å². The van der Waals surface area contributed by atoms with Crippen LogP contribution in [0, 0.1) is 0 Å². The zero-order valence-electron chi connectivity index (χ0n) is 9.94. The summed E-state index contributed by atoms with van der Waals surface area (Å²) in [6, 6.07) is 2.07. The summed E-state index contributed by atoms with van der Waals surface area (Å²) in [5.74, 6) is 0.0635. The van der Waals surface area contributed by atoms with E-state index in [0.717, 1.165) is 24.4 Å². The third kappa shape index (κ3) is 2.62. The monoisotopic (exact) mass is 278 g/mol. The molecule has 2 heterocycles. The molecule has 3 rings (SSSR count). The highest BCUT2D eigenvalue weighted by atomic mass is 32.1. The Morgan fingerprint density at radius 2 is 2.39 bits per heavy atom. The molecule has 0 radical (unpaired) electrons. The summed E-state index contributed by atoms with van der Waals surface area (Å²) >= 11 is 3.30. The first-order valence-electron chi connectivity index (χ1n) is 6.11. The smallest absolute Gasteiger partial charge is 0.226 e. The lowest BCUT2D eigenvalue weighted by atomic mass is 10.2. The van der Waals surface area contributed by atoms with E-state index >= 15 is 0 Å². The number of aromatic nitrogens is 1. The number of hydrogen-bond donors (Lipinski definition) is 1. The first kappa shape index (κ1) is 11.9. The van der Waals surface area contributed by atoms with Crippen molar-refractivity contribution in [1.82, 2.24) is 4.98 Å². The molecule has 2 aromatic rings. The lowest BCUT2D eigenvalue weighted by molar-refractivity contribution is -0.116. The van der Waals surface area contributed by atoms with Crippen molar-refractivity contribution < 1.29 is 4.79 Å². The Bertz CT molecular complexity index is 524. The maximum atomic E-state index is 11.8. The van der Waals surface area contributed by atoms with Crippen molar-refractivity contribution in [3.8, 4) is 0 Å². The van der Waals surface area contributed by atoms with Crippen LogP contribution in [0.3, 0.4) is 0 Å². The summed E-state index contributed by atoms with van der Waals surface area (Å²) in [5, 5.41) is 7.81. The summed E-state index contributed by atoms with van der Waals surface area (Å²) in [6.45, 7) is 0. The fourth-order valence-electron chi connectivity index (χ4n) is 2.12. The van der Waals surface area contributed by atoms with Crippen LogP contribution in [0.2, 0.25) is 0 Å². The fourth-order valence-corrected chi connectivity index (χ4v) is 3.89. The molecular weight excluding hydrogens is 264 g/mol. The number of hydrogen-bond acceptors (Lipinski definition) is 4. The number of carbonyl (C=O) groups excluding carboxylic acids is 1. The largest absolute Gasteiger partial charge is 0.302 e. The molecule has 0 saturated heterocycles. The topological polar surface area (TPSA) is 42.0 Å². The van der Waals surface area contributed by atoms with Crippen molar-refractivity contribution in [2.75, 3.05) is 5.32 Å². The SMILES string of the molecule is O=C(CCc1ccsc1)Nc1nc2c(s1)CCC2. The summed E-state index contributed by atoms with van der Waals surface area (Å²) < 4.78 is 0. The molecule has 3 nitrogen and oxygen atoms in total. The maximum Gasteiger partial charge on any atom is 0.226 e. The molecule has 0 saturated carbocycles. The van der Waals surface area contributed by atoms with Gasteiger partial charge in [0.1, 0.15) is 0 Å². The van der Waals surface area contributed by atoms with Gasteiger partial charge < -0.3 is 5.32 Å². The van der Waals surface area contributed by atoms with Gasteiger partial charge in [0.05, 0.1) is 5.69 Å². The van der Waals surface area contributed by atoms with Gasteiger partial charge in [0, 0.05) is 11.3 Å². The molecule has 94 valence electrons. The quantitative estimate of drug-likeness (QED) is 0.932. The number of nitrogens with one attached hydrogen (secondary N) is 1. The number of aryl methyl sites for hydroxylation is 3. The minimum atomic E-state index is 0.0635. The molecule has 0 bridgehead atoms. The van der Waals surface area contributed by atoms with Gasteiger partial charge in [-0.25, -0.2) is 4.98 Å². The number of nitrogens with zero attached hydrogens (tertiary/aromatic N) is 1. The van der Waals surface area contributed by atoms with E-state index in [-0.39, 0.29) is 5.91 Å².